The number of hydrogen-bond acceptors (Lipinski definition) is 6. The van der Waals surface area contributed by atoms with Crippen LogP contribution in [0.1, 0.15) is 31.1 Å². The van der Waals surface area contributed by atoms with Crippen LogP contribution in [0.4, 0.5) is 21.9 Å². The van der Waals surface area contributed by atoms with Crippen LogP contribution in [0.25, 0.3) is 0 Å². The second-order valence-electron chi connectivity index (χ2n) is 8.49. The Morgan fingerprint density at radius 1 is 0.829 bits per heavy atom. The van der Waals surface area contributed by atoms with E-state index >= 15 is 0 Å². The van der Waals surface area contributed by atoms with E-state index in [1.807, 2.05) is 0 Å². The van der Waals surface area contributed by atoms with Crippen LogP contribution in [0.15, 0.2) is 77.7 Å². The Balaban J connectivity index is 1.70. The predicted molar refractivity (Wildman–Crippen MR) is 134 cm³/mol. The molecule has 9 nitrogen and oxygen atoms in total. The van der Waals surface area contributed by atoms with Gasteiger partial charge < -0.3 is 14.8 Å². The van der Waals surface area contributed by atoms with Gasteiger partial charge >= 0.3 is 6.09 Å². The Morgan fingerprint density at radius 3 is 2.06 bits per heavy atom. The van der Waals surface area contributed by atoms with Gasteiger partial charge in [0.15, 0.2) is 0 Å². The van der Waals surface area contributed by atoms with Gasteiger partial charge in [0.1, 0.15) is 11.4 Å². The van der Waals surface area contributed by atoms with Gasteiger partial charge in [-0.1, -0.05) is 18.2 Å². The second kappa shape index (κ2) is 10.5. The van der Waals surface area contributed by atoms with Gasteiger partial charge in [-0.15, -0.1) is 0 Å². The first-order valence-electron chi connectivity index (χ1n) is 10.6. The molecule has 0 aliphatic rings. The van der Waals surface area contributed by atoms with Crippen molar-refractivity contribution in [2.45, 2.75) is 31.3 Å². The van der Waals surface area contributed by atoms with Crippen LogP contribution in [0.2, 0.25) is 0 Å². The monoisotopic (exact) mass is 497 g/mol. The van der Waals surface area contributed by atoms with Crippen LogP contribution in [0.5, 0.6) is 5.75 Å². The topological polar surface area (TPSA) is 123 Å². The Labute approximate surface area is 204 Å². The third kappa shape index (κ3) is 7.21. The van der Waals surface area contributed by atoms with Crippen molar-refractivity contribution >= 4 is 39.1 Å². The molecule has 3 rings (SSSR count). The third-order valence-corrected chi connectivity index (χ3v) is 5.94. The lowest BCUT2D eigenvalue weighted by Crippen LogP contribution is -2.27. The fourth-order valence-corrected chi connectivity index (χ4v) is 4.08. The van der Waals surface area contributed by atoms with Crippen molar-refractivity contribution in [3.8, 4) is 5.75 Å². The summed E-state index contributed by atoms with van der Waals surface area (Å²) in [6, 6.07) is 18.8. The molecule has 3 N–H and O–H groups in total. The quantitative estimate of drug-likeness (QED) is 0.418. The fourth-order valence-electron chi connectivity index (χ4n) is 3.00. The average Bonchev–Trinajstić information content (AvgIpc) is 2.79. The molecule has 10 heteroatoms. The Hall–Kier alpha value is -4.05. The number of carbonyl (C=O) groups is 2. The lowest BCUT2D eigenvalue weighted by Gasteiger charge is -2.20. The van der Waals surface area contributed by atoms with E-state index in [-0.39, 0.29) is 4.90 Å². The van der Waals surface area contributed by atoms with E-state index in [1.54, 1.807) is 57.2 Å². The summed E-state index contributed by atoms with van der Waals surface area (Å²) in [6.07, 6.45) is -0.659. The highest BCUT2D eigenvalue weighted by molar-refractivity contribution is 7.92. The van der Waals surface area contributed by atoms with Gasteiger partial charge in [-0.3, -0.25) is 14.8 Å². The summed E-state index contributed by atoms with van der Waals surface area (Å²) >= 11 is 0. The number of hydrogen-bond donors (Lipinski definition) is 3. The second-order valence-corrected chi connectivity index (χ2v) is 10.2. The van der Waals surface area contributed by atoms with Gasteiger partial charge in [-0.2, -0.15) is 0 Å². The molecule has 0 bridgehead atoms. The van der Waals surface area contributed by atoms with Crippen molar-refractivity contribution in [1.82, 2.24) is 0 Å². The Morgan fingerprint density at radius 2 is 1.46 bits per heavy atom. The molecular weight excluding hydrogens is 470 g/mol. The largest absolute Gasteiger partial charge is 0.495 e. The van der Waals surface area contributed by atoms with Gasteiger partial charge in [0.2, 0.25) is 0 Å². The first-order chi connectivity index (χ1) is 16.5. The van der Waals surface area contributed by atoms with Crippen LogP contribution in [-0.4, -0.2) is 33.1 Å². The lowest BCUT2D eigenvalue weighted by molar-refractivity contribution is 0.0635. The Bertz CT molecular complexity index is 1300. The number of carbonyl (C=O) groups excluding carboxylic acids is 2. The van der Waals surface area contributed by atoms with Gasteiger partial charge in [0.25, 0.3) is 15.9 Å². The summed E-state index contributed by atoms with van der Waals surface area (Å²) in [6.45, 7) is 5.25. The van der Waals surface area contributed by atoms with Gasteiger partial charge in [-0.05, 0) is 75.4 Å². The van der Waals surface area contributed by atoms with Crippen molar-refractivity contribution < 1.29 is 27.5 Å². The molecule has 0 heterocycles. The zero-order valence-electron chi connectivity index (χ0n) is 19.8. The van der Waals surface area contributed by atoms with Gasteiger partial charge in [0.05, 0.1) is 17.7 Å². The molecule has 0 spiro atoms. The molecule has 3 aromatic carbocycles. The number of benzene rings is 3. The van der Waals surface area contributed by atoms with E-state index in [0.717, 1.165) is 0 Å². The van der Waals surface area contributed by atoms with Crippen molar-refractivity contribution in [2.24, 2.45) is 0 Å². The molecule has 0 aliphatic carbocycles. The number of ether oxygens (including phenoxy) is 2. The molecular formula is C25H27N3O6S. The number of nitrogens with one attached hydrogen (secondary N) is 3. The van der Waals surface area contributed by atoms with Crippen molar-refractivity contribution in [1.29, 1.82) is 0 Å². The molecule has 0 aromatic heterocycles. The standard InChI is InChI=1S/C25H27N3O6S/c1-25(2,3)34-24(30)27-21-16-19(14-15-22(21)33-4)26-23(29)17-10-12-18(13-11-17)28-35(31,32)20-8-6-5-7-9-20/h5-16,28H,1-4H3,(H,26,29)(H,27,30). The molecule has 0 saturated heterocycles. The van der Waals surface area contributed by atoms with E-state index < -0.39 is 27.6 Å². The minimum atomic E-state index is -3.74. The molecule has 0 aliphatic heterocycles. The van der Waals surface area contributed by atoms with Crippen LogP contribution in [0.3, 0.4) is 0 Å². The van der Waals surface area contributed by atoms with Crippen molar-refractivity contribution in [3.63, 3.8) is 0 Å². The molecule has 0 unspecified atom stereocenters. The highest BCUT2D eigenvalue weighted by atomic mass is 32.2. The first kappa shape index (κ1) is 25.6. The maximum atomic E-state index is 12.7. The predicted octanol–water partition coefficient (Wildman–Crippen LogP) is 5.10. The number of anilines is 3. The summed E-state index contributed by atoms with van der Waals surface area (Å²) in [7, 11) is -2.28. The SMILES string of the molecule is COc1ccc(NC(=O)c2ccc(NS(=O)(=O)c3ccccc3)cc2)cc1NC(=O)OC(C)(C)C. The fraction of sp³-hybridized carbons (Fsp3) is 0.200. The van der Waals surface area contributed by atoms with Crippen LogP contribution in [0, 0.1) is 0 Å². The molecule has 0 saturated carbocycles. The van der Waals surface area contributed by atoms with Gasteiger partial charge in [0, 0.05) is 16.9 Å². The Kier molecular flexibility index (Phi) is 7.65. The summed E-state index contributed by atoms with van der Waals surface area (Å²) in [5.74, 6) is -0.0280. The molecule has 0 atom stereocenters. The minimum Gasteiger partial charge on any atom is -0.495 e. The maximum absolute atomic E-state index is 12.7. The van der Waals surface area contributed by atoms with Crippen LogP contribution in [-0.2, 0) is 14.8 Å². The minimum absolute atomic E-state index is 0.136. The summed E-state index contributed by atoms with van der Waals surface area (Å²) < 4.78 is 37.9. The average molecular weight is 498 g/mol. The summed E-state index contributed by atoms with van der Waals surface area (Å²) in [4.78, 5) is 25.0. The van der Waals surface area contributed by atoms with E-state index in [1.165, 1.54) is 43.5 Å². The molecule has 0 radical (unpaired) electrons. The lowest BCUT2D eigenvalue weighted by atomic mass is 10.2. The zero-order chi connectivity index (χ0) is 25.6. The molecule has 2 amide bonds. The summed E-state index contributed by atoms with van der Waals surface area (Å²) in [5.41, 5.74) is 0.690. The van der Waals surface area contributed by atoms with Crippen LogP contribution < -0.4 is 20.1 Å². The normalized spacial score (nSPS) is 11.3. The highest BCUT2D eigenvalue weighted by Crippen LogP contribution is 2.29. The van der Waals surface area contributed by atoms with Crippen molar-refractivity contribution in [3.05, 3.63) is 78.4 Å². The summed E-state index contributed by atoms with van der Waals surface area (Å²) in [5, 5.41) is 5.35. The van der Waals surface area contributed by atoms with Gasteiger partial charge in [-0.25, -0.2) is 13.2 Å². The number of methoxy groups -OCH3 is 1. The molecule has 184 valence electrons. The van der Waals surface area contributed by atoms with E-state index in [0.29, 0.717) is 28.4 Å². The first-order valence-corrected chi connectivity index (χ1v) is 12.1. The number of sulfonamides is 1. The van der Waals surface area contributed by atoms with Crippen LogP contribution >= 0.6 is 0 Å². The maximum Gasteiger partial charge on any atom is 0.412 e. The van der Waals surface area contributed by atoms with Crippen molar-refractivity contribution in [2.75, 3.05) is 22.5 Å². The molecule has 35 heavy (non-hydrogen) atoms. The number of amides is 2. The van der Waals surface area contributed by atoms with E-state index in [4.69, 9.17) is 9.47 Å². The smallest absolute Gasteiger partial charge is 0.412 e. The zero-order valence-corrected chi connectivity index (χ0v) is 20.6. The van der Waals surface area contributed by atoms with E-state index in [2.05, 4.69) is 15.4 Å². The third-order valence-electron chi connectivity index (χ3n) is 4.55. The molecule has 3 aromatic rings. The molecule has 0 fully saturated rings. The highest BCUT2D eigenvalue weighted by Gasteiger charge is 2.18. The number of rotatable bonds is 7. The van der Waals surface area contributed by atoms with E-state index in [9.17, 15) is 18.0 Å².